The van der Waals surface area contributed by atoms with Crippen molar-refractivity contribution in [1.29, 1.82) is 0 Å². The molecule has 0 amide bonds. The summed E-state index contributed by atoms with van der Waals surface area (Å²) in [5, 5.41) is 6.16. The SMILES string of the molecule is CC(C)NCc1c(Cl)cccc1OCc1sccc1Br. The van der Waals surface area contributed by atoms with E-state index in [1.807, 2.05) is 29.6 Å². The van der Waals surface area contributed by atoms with E-state index in [4.69, 9.17) is 16.3 Å². The first kappa shape index (κ1) is 15.8. The molecule has 0 aliphatic carbocycles. The maximum atomic E-state index is 6.28. The Kier molecular flexibility index (Phi) is 5.90. The first-order chi connectivity index (χ1) is 9.58. The molecule has 1 N–H and O–H groups in total. The van der Waals surface area contributed by atoms with Gasteiger partial charge in [-0.1, -0.05) is 31.5 Å². The van der Waals surface area contributed by atoms with E-state index < -0.39 is 0 Å². The summed E-state index contributed by atoms with van der Waals surface area (Å²) in [6.07, 6.45) is 0. The van der Waals surface area contributed by atoms with Crippen LogP contribution in [-0.2, 0) is 13.2 Å². The van der Waals surface area contributed by atoms with E-state index >= 15 is 0 Å². The Morgan fingerprint density at radius 3 is 2.80 bits per heavy atom. The molecule has 0 aliphatic heterocycles. The van der Waals surface area contributed by atoms with Gasteiger partial charge in [0, 0.05) is 27.6 Å². The molecule has 0 saturated heterocycles. The molecule has 2 rings (SSSR count). The zero-order valence-corrected chi connectivity index (χ0v) is 14.6. The van der Waals surface area contributed by atoms with E-state index in [2.05, 4.69) is 35.1 Å². The first-order valence-electron chi connectivity index (χ1n) is 6.43. The highest BCUT2D eigenvalue weighted by molar-refractivity contribution is 9.10. The summed E-state index contributed by atoms with van der Waals surface area (Å²) >= 11 is 11.5. The van der Waals surface area contributed by atoms with Crippen LogP contribution < -0.4 is 10.1 Å². The summed E-state index contributed by atoms with van der Waals surface area (Å²) in [4.78, 5) is 1.17. The van der Waals surface area contributed by atoms with Gasteiger partial charge in [0.1, 0.15) is 12.4 Å². The number of hydrogen-bond acceptors (Lipinski definition) is 3. The molecule has 0 spiro atoms. The van der Waals surface area contributed by atoms with Gasteiger partial charge in [0.05, 0.1) is 4.88 Å². The molecule has 0 bridgehead atoms. The predicted octanol–water partition coefficient (Wildman–Crippen LogP) is 5.24. The van der Waals surface area contributed by atoms with Gasteiger partial charge in [0.2, 0.25) is 0 Å². The van der Waals surface area contributed by atoms with E-state index in [1.54, 1.807) is 11.3 Å². The average Bonchev–Trinajstić information content (AvgIpc) is 2.80. The van der Waals surface area contributed by atoms with Crippen LogP contribution >= 0.6 is 38.9 Å². The minimum atomic E-state index is 0.408. The number of rotatable bonds is 6. The molecule has 1 aromatic carbocycles. The van der Waals surface area contributed by atoms with Crippen LogP contribution in [0.5, 0.6) is 5.75 Å². The molecule has 0 aliphatic rings. The van der Waals surface area contributed by atoms with Crippen molar-refractivity contribution in [3.05, 3.63) is 49.6 Å². The quantitative estimate of drug-likeness (QED) is 0.746. The molecular formula is C15H17BrClNOS. The van der Waals surface area contributed by atoms with E-state index in [9.17, 15) is 0 Å². The van der Waals surface area contributed by atoms with Crippen LogP contribution in [0.2, 0.25) is 5.02 Å². The standard InChI is InChI=1S/C15H17BrClNOS/c1-10(2)18-8-11-13(17)4-3-5-14(11)19-9-15-12(16)6-7-20-15/h3-7,10,18H,8-9H2,1-2H3. The zero-order chi connectivity index (χ0) is 14.5. The lowest BCUT2D eigenvalue weighted by Crippen LogP contribution is -2.22. The third-order valence-electron chi connectivity index (χ3n) is 2.81. The zero-order valence-electron chi connectivity index (χ0n) is 11.5. The minimum absolute atomic E-state index is 0.408. The molecule has 0 unspecified atom stereocenters. The third-order valence-corrected chi connectivity index (χ3v) is 5.07. The van der Waals surface area contributed by atoms with Crippen LogP contribution in [0.4, 0.5) is 0 Å². The Balaban J connectivity index is 2.10. The average molecular weight is 375 g/mol. The van der Waals surface area contributed by atoms with Gasteiger partial charge in [-0.15, -0.1) is 11.3 Å². The summed E-state index contributed by atoms with van der Waals surface area (Å²) in [5.41, 5.74) is 1.01. The van der Waals surface area contributed by atoms with Crippen molar-refractivity contribution in [3.8, 4) is 5.75 Å². The molecule has 108 valence electrons. The lowest BCUT2D eigenvalue weighted by atomic mass is 10.2. The highest BCUT2D eigenvalue weighted by atomic mass is 79.9. The van der Waals surface area contributed by atoms with Crippen molar-refractivity contribution >= 4 is 38.9 Å². The fourth-order valence-electron chi connectivity index (χ4n) is 1.72. The van der Waals surface area contributed by atoms with Gasteiger partial charge in [-0.25, -0.2) is 0 Å². The summed E-state index contributed by atoms with van der Waals surface area (Å²) in [6.45, 7) is 5.48. The largest absolute Gasteiger partial charge is 0.488 e. The maximum absolute atomic E-state index is 6.28. The molecule has 2 nitrogen and oxygen atoms in total. The number of halogens is 2. The molecule has 0 fully saturated rings. The number of hydrogen-bond donors (Lipinski definition) is 1. The van der Waals surface area contributed by atoms with Crippen molar-refractivity contribution in [2.24, 2.45) is 0 Å². The Morgan fingerprint density at radius 1 is 1.35 bits per heavy atom. The number of ether oxygens (including phenoxy) is 1. The van der Waals surface area contributed by atoms with Crippen molar-refractivity contribution in [3.63, 3.8) is 0 Å². The van der Waals surface area contributed by atoms with Crippen LogP contribution in [0.15, 0.2) is 34.1 Å². The van der Waals surface area contributed by atoms with Gasteiger partial charge in [-0.05, 0) is 39.5 Å². The van der Waals surface area contributed by atoms with Crippen LogP contribution in [0, 0.1) is 0 Å². The Hall–Kier alpha value is -0.550. The van der Waals surface area contributed by atoms with Gasteiger partial charge in [0.15, 0.2) is 0 Å². The Morgan fingerprint density at radius 2 is 2.15 bits per heavy atom. The van der Waals surface area contributed by atoms with Gasteiger partial charge >= 0.3 is 0 Å². The second kappa shape index (κ2) is 7.46. The van der Waals surface area contributed by atoms with Gasteiger partial charge in [-0.3, -0.25) is 0 Å². The number of benzene rings is 1. The topological polar surface area (TPSA) is 21.3 Å². The fraction of sp³-hybridized carbons (Fsp3) is 0.333. The van der Waals surface area contributed by atoms with Gasteiger partial charge in [-0.2, -0.15) is 0 Å². The minimum Gasteiger partial charge on any atom is -0.488 e. The smallest absolute Gasteiger partial charge is 0.125 e. The van der Waals surface area contributed by atoms with E-state index in [0.29, 0.717) is 19.2 Å². The van der Waals surface area contributed by atoms with Crippen LogP contribution in [0.3, 0.4) is 0 Å². The van der Waals surface area contributed by atoms with Crippen LogP contribution in [-0.4, -0.2) is 6.04 Å². The molecule has 0 saturated carbocycles. The van der Waals surface area contributed by atoms with E-state index in [0.717, 1.165) is 20.8 Å². The predicted molar refractivity (Wildman–Crippen MR) is 89.8 cm³/mol. The summed E-state index contributed by atoms with van der Waals surface area (Å²) in [6, 6.07) is 8.21. The fourth-order valence-corrected chi connectivity index (χ4v) is 3.33. The second-order valence-corrected chi connectivity index (χ2v) is 6.99. The Labute approximate surface area is 137 Å². The number of nitrogens with one attached hydrogen (secondary N) is 1. The summed E-state index contributed by atoms with van der Waals surface area (Å²) in [7, 11) is 0. The van der Waals surface area contributed by atoms with Gasteiger partial charge in [0.25, 0.3) is 0 Å². The highest BCUT2D eigenvalue weighted by Crippen LogP contribution is 2.29. The summed E-state index contributed by atoms with van der Waals surface area (Å²) < 4.78 is 7.02. The normalized spacial score (nSPS) is 11.1. The molecule has 1 heterocycles. The second-order valence-electron chi connectivity index (χ2n) is 4.73. The number of thiophene rings is 1. The van der Waals surface area contributed by atoms with Crippen LogP contribution in [0.1, 0.15) is 24.3 Å². The van der Waals surface area contributed by atoms with Gasteiger partial charge < -0.3 is 10.1 Å². The van der Waals surface area contributed by atoms with Crippen molar-refractivity contribution in [1.82, 2.24) is 5.32 Å². The molecule has 1 aromatic heterocycles. The lowest BCUT2D eigenvalue weighted by Gasteiger charge is -2.15. The van der Waals surface area contributed by atoms with E-state index in [1.165, 1.54) is 4.88 Å². The first-order valence-corrected chi connectivity index (χ1v) is 8.48. The monoisotopic (exact) mass is 373 g/mol. The van der Waals surface area contributed by atoms with Crippen molar-refractivity contribution in [2.45, 2.75) is 33.0 Å². The van der Waals surface area contributed by atoms with E-state index in [-0.39, 0.29) is 0 Å². The molecule has 0 radical (unpaired) electrons. The highest BCUT2D eigenvalue weighted by Gasteiger charge is 2.10. The van der Waals surface area contributed by atoms with Crippen LogP contribution in [0.25, 0.3) is 0 Å². The summed E-state index contributed by atoms with van der Waals surface area (Å²) in [5.74, 6) is 0.839. The van der Waals surface area contributed by atoms with Crippen molar-refractivity contribution < 1.29 is 4.74 Å². The molecule has 20 heavy (non-hydrogen) atoms. The molecule has 0 atom stereocenters. The van der Waals surface area contributed by atoms with Crippen molar-refractivity contribution in [2.75, 3.05) is 0 Å². The molecular weight excluding hydrogens is 358 g/mol. The lowest BCUT2D eigenvalue weighted by molar-refractivity contribution is 0.304. The third kappa shape index (κ3) is 4.22. The molecule has 2 aromatic rings. The maximum Gasteiger partial charge on any atom is 0.125 e. The molecule has 5 heteroatoms. The Bertz CT molecular complexity index is 571.